The second kappa shape index (κ2) is 5.07. The van der Waals surface area contributed by atoms with Gasteiger partial charge in [0.25, 0.3) is 0 Å². The lowest BCUT2D eigenvalue weighted by atomic mass is 9.99. The second-order valence-corrected chi connectivity index (χ2v) is 5.18. The third kappa shape index (κ3) is 2.99. The zero-order chi connectivity index (χ0) is 12.4. The van der Waals surface area contributed by atoms with Gasteiger partial charge in [-0.25, -0.2) is 0 Å². The van der Waals surface area contributed by atoms with Crippen molar-refractivity contribution in [3.05, 3.63) is 34.9 Å². The number of halogens is 1. The van der Waals surface area contributed by atoms with E-state index in [9.17, 15) is 4.79 Å². The number of hydrogen-bond donors (Lipinski definition) is 1. The predicted molar refractivity (Wildman–Crippen MR) is 67.0 cm³/mol. The van der Waals surface area contributed by atoms with Crippen LogP contribution in [0.5, 0.6) is 0 Å². The maximum Gasteiger partial charge on any atom is 0.308 e. The highest BCUT2D eigenvalue weighted by atomic mass is 35.5. The van der Waals surface area contributed by atoms with Gasteiger partial charge in [-0.2, -0.15) is 0 Å². The largest absolute Gasteiger partial charge is 0.481 e. The van der Waals surface area contributed by atoms with Gasteiger partial charge in [0.15, 0.2) is 0 Å². The van der Waals surface area contributed by atoms with Gasteiger partial charge < -0.3 is 5.11 Å². The third-order valence-corrected chi connectivity index (χ3v) is 3.58. The van der Waals surface area contributed by atoms with E-state index in [1.807, 2.05) is 31.2 Å². The number of carboxylic acid groups (broad SMARTS) is 1. The Hall–Kier alpha value is -1.06. The van der Waals surface area contributed by atoms with Crippen LogP contribution in [0.1, 0.15) is 12.5 Å². The maximum absolute atomic E-state index is 11.0. The molecule has 1 N–H and O–H groups in total. The van der Waals surface area contributed by atoms with Crippen LogP contribution in [0.25, 0.3) is 0 Å². The van der Waals surface area contributed by atoms with Crippen LogP contribution in [0.4, 0.5) is 0 Å². The van der Waals surface area contributed by atoms with Crippen LogP contribution < -0.4 is 0 Å². The van der Waals surface area contributed by atoms with E-state index in [0.717, 1.165) is 18.1 Å². The molecule has 2 unspecified atom stereocenters. The van der Waals surface area contributed by atoms with E-state index in [4.69, 9.17) is 16.7 Å². The van der Waals surface area contributed by atoms with E-state index in [-0.39, 0.29) is 11.8 Å². The van der Waals surface area contributed by atoms with E-state index in [1.165, 1.54) is 5.56 Å². The molecule has 17 heavy (non-hydrogen) atoms. The topological polar surface area (TPSA) is 40.5 Å². The van der Waals surface area contributed by atoms with Gasteiger partial charge in [0.1, 0.15) is 0 Å². The van der Waals surface area contributed by atoms with Crippen molar-refractivity contribution in [2.75, 3.05) is 13.1 Å². The molecule has 1 aromatic rings. The van der Waals surface area contributed by atoms with E-state index in [0.29, 0.717) is 6.54 Å². The molecule has 0 radical (unpaired) electrons. The molecule has 1 fully saturated rings. The van der Waals surface area contributed by atoms with Crippen LogP contribution in [0.3, 0.4) is 0 Å². The minimum atomic E-state index is -0.684. The summed E-state index contributed by atoms with van der Waals surface area (Å²) in [6.45, 7) is 4.28. The molecule has 2 atom stereocenters. The summed E-state index contributed by atoms with van der Waals surface area (Å²) >= 11 is 5.82. The summed E-state index contributed by atoms with van der Waals surface area (Å²) in [5.74, 6) is -0.696. The summed E-state index contributed by atoms with van der Waals surface area (Å²) < 4.78 is 0. The molecule has 4 heteroatoms. The van der Waals surface area contributed by atoms with Gasteiger partial charge in [0.05, 0.1) is 5.92 Å². The SMILES string of the molecule is CC1CN(Cc2ccc(Cl)cc2)CC1C(=O)O. The van der Waals surface area contributed by atoms with E-state index in [2.05, 4.69) is 4.90 Å². The molecule has 1 aliphatic rings. The Balaban J connectivity index is 1.97. The number of benzene rings is 1. The highest BCUT2D eigenvalue weighted by molar-refractivity contribution is 6.30. The van der Waals surface area contributed by atoms with Crippen LogP contribution in [0.2, 0.25) is 5.02 Å². The molecule has 0 aromatic heterocycles. The van der Waals surface area contributed by atoms with Gasteiger partial charge >= 0.3 is 5.97 Å². The van der Waals surface area contributed by atoms with Crippen molar-refractivity contribution in [2.24, 2.45) is 11.8 Å². The fraction of sp³-hybridized carbons (Fsp3) is 0.462. The zero-order valence-corrected chi connectivity index (χ0v) is 10.5. The summed E-state index contributed by atoms with van der Waals surface area (Å²) in [5, 5.41) is 9.79. The number of carbonyl (C=O) groups is 1. The average Bonchev–Trinajstić information content (AvgIpc) is 2.63. The minimum absolute atomic E-state index is 0.222. The summed E-state index contributed by atoms with van der Waals surface area (Å²) in [7, 11) is 0. The van der Waals surface area contributed by atoms with Gasteiger partial charge in [-0.3, -0.25) is 9.69 Å². The van der Waals surface area contributed by atoms with Crippen LogP contribution >= 0.6 is 11.6 Å². The number of aliphatic carboxylic acids is 1. The lowest BCUT2D eigenvalue weighted by Crippen LogP contribution is -2.23. The van der Waals surface area contributed by atoms with Gasteiger partial charge in [-0.1, -0.05) is 30.7 Å². The molecule has 0 aliphatic carbocycles. The highest BCUT2D eigenvalue weighted by Crippen LogP contribution is 2.24. The van der Waals surface area contributed by atoms with Crippen molar-refractivity contribution < 1.29 is 9.90 Å². The first-order chi connectivity index (χ1) is 8.06. The highest BCUT2D eigenvalue weighted by Gasteiger charge is 2.34. The normalized spacial score (nSPS) is 25.1. The van der Waals surface area contributed by atoms with Gasteiger partial charge in [-0.05, 0) is 23.6 Å². The Morgan fingerprint density at radius 2 is 2.06 bits per heavy atom. The Labute approximate surface area is 106 Å². The Kier molecular flexibility index (Phi) is 3.69. The molecule has 1 aromatic carbocycles. The standard InChI is InChI=1S/C13H16ClNO2/c1-9-6-15(8-12(9)13(16)17)7-10-2-4-11(14)5-3-10/h2-5,9,12H,6-8H2,1H3,(H,16,17). The molecule has 0 bridgehead atoms. The summed E-state index contributed by atoms with van der Waals surface area (Å²) in [6, 6.07) is 7.71. The fourth-order valence-corrected chi connectivity index (χ4v) is 2.49. The van der Waals surface area contributed by atoms with Gasteiger partial charge in [0, 0.05) is 24.7 Å². The van der Waals surface area contributed by atoms with Gasteiger partial charge in [0.2, 0.25) is 0 Å². The number of carboxylic acids is 1. The molecule has 3 nitrogen and oxygen atoms in total. The lowest BCUT2D eigenvalue weighted by molar-refractivity contribution is -0.142. The first kappa shape index (κ1) is 12.4. The van der Waals surface area contributed by atoms with Crippen molar-refractivity contribution in [3.63, 3.8) is 0 Å². The summed E-state index contributed by atoms with van der Waals surface area (Å²) in [5.41, 5.74) is 1.17. The smallest absolute Gasteiger partial charge is 0.308 e. The van der Waals surface area contributed by atoms with Gasteiger partial charge in [-0.15, -0.1) is 0 Å². The van der Waals surface area contributed by atoms with E-state index < -0.39 is 5.97 Å². The van der Waals surface area contributed by atoms with Crippen LogP contribution in [0.15, 0.2) is 24.3 Å². The van der Waals surface area contributed by atoms with Crippen LogP contribution in [-0.4, -0.2) is 29.1 Å². The Bertz CT molecular complexity index is 404. The molecule has 1 heterocycles. The monoisotopic (exact) mass is 253 g/mol. The molecule has 0 saturated carbocycles. The third-order valence-electron chi connectivity index (χ3n) is 3.32. The first-order valence-electron chi connectivity index (χ1n) is 5.76. The predicted octanol–water partition coefficient (Wildman–Crippen LogP) is 2.49. The second-order valence-electron chi connectivity index (χ2n) is 4.74. The Morgan fingerprint density at radius 1 is 1.41 bits per heavy atom. The first-order valence-corrected chi connectivity index (χ1v) is 6.13. The van der Waals surface area contributed by atoms with E-state index >= 15 is 0 Å². The van der Waals surface area contributed by atoms with Crippen LogP contribution in [0, 0.1) is 11.8 Å². The summed E-state index contributed by atoms with van der Waals surface area (Å²) in [6.07, 6.45) is 0. The molecule has 92 valence electrons. The van der Waals surface area contributed by atoms with Crippen LogP contribution in [-0.2, 0) is 11.3 Å². The zero-order valence-electron chi connectivity index (χ0n) is 9.77. The molecule has 0 amide bonds. The molecular weight excluding hydrogens is 238 g/mol. The molecular formula is C13H16ClNO2. The Morgan fingerprint density at radius 3 is 2.59 bits per heavy atom. The van der Waals surface area contributed by atoms with E-state index in [1.54, 1.807) is 0 Å². The average molecular weight is 254 g/mol. The van der Waals surface area contributed by atoms with Crippen molar-refractivity contribution in [3.8, 4) is 0 Å². The molecule has 1 saturated heterocycles. The minimum Gasteiger partial charge on any atom is -0.481 e. The number of hydrogen-bond acceptors (Lipinski definition) is 2. The summed E-state index contributed by atoms with van der Waals surface area (Å²) in [4.78, 5) is 13.2. The quantitative estimate of drug-likeness (QED) is 0.900. The lowest BCUT2D eigenvalue weighted by Gasteiger charge is -2.15. The number of nitrogens with zero attached hydrogens (tertiary/aromatic N) is 1. The van der Waals surface area contributed by atoms with Crippen molar-refractivity contribution in [2.45, 2.75) is 13.5 Å². The van der Waals surface area contributed by atoms with Crippen molar-refractivity contribution in [1.82, 2.24) is 4.90 Å². The molecule has 1 aliphatic heterocycles. The fourth-order valence-electron chi connectivity index (χ4n) is 2.37. The van der Waals surface area contributed by atoms with Crippen molar-refractivity contribution in [1.29, 1.82) is 0 Å². The maximum atomic E-state index is 11.0. The number of rotatable bonds is 3. The number of likely N-dealkylation sites (tertiary alicyclic amines) is 1. The molecule has 0 spiro atoms. The molecule has 2 rings (SSSR count). The van der Waals surface area contributed by atoms with Crippen molar-refractivity contribution >= 4 is 17.6 Å².